The summed E-state index contributed by atoms with van der Waals surface area (Å²) in [4.78, 5) is 0. The summed E-state index contributed by atoms with van der Waals surface area (Å²) >= 11 is 8.06. The second-order valence-electron chi connectivity index (χ2n) is 0.378. The summed E-state index contributed by atoms with van der Waals surface area (Å²) in [5.41, 5.74) is 0. The van der Waals surface area contributed by atoms with Crippen LogP contribution in [0.1, 0.15) is 0 Å². The van der Waals surface area contributed by atoms with Gasteiger partial charge in [0.25, 0.3) is 6.70 Å². The van der Waals surface area contributed by atoms with Crippen LogP contribution in [0.15, 0.2) is 0 Å². The highest BCUT2D eigenvalue weighted by Gasteiger charge is 1.87. The van der Waals surface area contributed by atoms with Crippen molar-refractivity contribution >= 4 is 49.0 Å². The minimum atomic E-state index is -3.04. The van der Waals surface area contributed by atoms with Crippen molar-refractivity contribution in [3.05, 3.63) is 0 Å². The lowest BCUT2D eigenvalue weighted by atomic mass is 12.0. The molecule has 0 unspecified atom stereocenters. The third-order valence-electron chi connectivity index (χ3n) is 0. The van der Waals surface area contributed by atoms with Crippen LogP contribution in [0.25, 0.3) is 0 Å². The molecule has 0 aromatic rings. The zero-order valence-electron chi connectivity index (χ0n) is 3.43. The van der Waals surface area contributed by atoms with Crippen LogP contribution in [0.4, 0.5) is 0 Å². The monoisotopic (exact) mass is 270 g/mol. The first-order valence-electron chi connectivity index (χ1n) is 1.09. The lowest BCUT2D eigenvalue weighted by molar-refractivity contribution is 0.625. The molecule has 46 valence electrons. The van der Waals surface area contributed by atoms with Gasteiger partial charge < -0.3 is 0 Å². The van der Waals surface area contributed by atoms with Gasteiger partial charge in [-0.2, -0.15) is 12.6 Å². The first-order chi connectivity index (χ1) is 3.00. The van der Waals surface area contributed by atoms with Gasteiger partial charge in [-0.3, -0.25) is 0 Å². The van der Waals surface area contributed by atoms with Gasteiger partial charge in [-0.15, -0.1) is 0 Å². The van der Waals surface area contributed by atoms with E-state index in [9.17, 15) is 8.42 Å². The molecule has 0 N–H and O–H groups in total. The maximum atomic E-state index is 9.47. The number of thiol groups is 1. The summed E-state index contributed by atoms with van der Waals surface area (Å²) in [7, 11) is 0. The zero-order chi connectivity index (χ0) is 6.50. The molecule has 0 saturated carbocycles. The number of halogens is 2. The molecule has 0 fully saturated rings. The van der Waals surface area contributed by atoms with Crippen molar-refractivity contribution in [1.82, 2.24) is 0 Å². The van der Waals surface area contributed by atoms with Crippen LogP contribution in [-0.2, 0) is 6.70 Å². The predicted molar refractivity (Wildman–Crippen MR) is 41.7 cm³/mol. The van der Waals surface area contributed by atoms with E-state index in [0.29, 0.717) is 0 Å². The zero-order valence-corrected chi connectivity index (χ0v) is 8.31. The highest BCUT2D eigenvalue weighted by Crippen LogP contribution is 2.06. The molecule has 0 aliphatic carbocycles. The lowest BCUT2D eigenvalue weighted by Crippen LogP contribution is -1.60. The predicted octanol–water partition coefficient (Wildman–Crippen LogP) is 1.57. The smallest absolute Gasteiger partial charge is 0.205 e. The van der Waals surface area contributed by atoms with E-state index in [4.69, 9.17) is 0 Å². The van der Waals surface area contributed by atoms with Crippen LogP contribution < -0.4 is 0 Å². The Morgan fingerprint density at radius 2 is 1.29 bits per heavy atom. The first kappa shape index (κ1) is 11.1. The Morgan fingerprint density at radius 3 is 1.29 bits per heavy atom. The molecule has 0 aromatic heterocycles. The fraction of sp³-hybridized carbons (Fsp3) is 1.00. The second kappa shape index (κ2) is 5.40. The molecule has 2 nitrogen and oxygen atoms in total. The fourth-order valence-corrected chi connectivity index (χ4v) is 0. The van der Waals surface area contributed by atoms with Crippen LogP contribution in [0, 0.1) is 0 Å². The number of hydrogen-bond acceptors (Lipinski definition) is 3. The van der Waals surface area contributed by atoms with Crippen molar-refractivity contribution in [2.75, 3.05) is 6.26 Å². The number of hydrogen-bond donors (Lipinski definition) is 1. The van der Waals surface area contributed by atoms with Gasteiger partial charge in [-0.1, -0.05) is 0 Å². The van der Waals surface area contributed by atoms with E-state index in [2.05, 4.69) is 42.3 Å². The van der Waals surface area contributed by atoms with E-state index in [-0.39, 0.29) is 0 Å². The van der Waals surface area contributed by atoms with Crippen LogP contribution in [0.2, 0.25) is 0 Å². The molecule has 0 atom stereocenters. The summed E-state index contributed by atoms with van der Waals surface area (Å²) in [5.74, 6) is 0. The Hall–Kier alpha value is 1.26. The Kier molecular flexibility index (Phi) is 8.57. The van der Waals surface area contributed by atoms with Gasteiger partial charge in [0, 0.05) is 0 Å². The van der Waals surface area contributed by atoms with Crippen LogP contribution in [-0.4, -0.2) is 14.7 Å². The van der Waals surface area contributed by atoms with Crippen molar-refractivity contribution in [2.24, 2.45) is 0 Å². The summed E-state index contributed by atoms with van der Waals surface area (Å²) in [6.07, 6.45) is 1.69. The Balaban J connectivity index is 0. The van der Waals surface area contributed by atoms with Crippen LogP contribution in [0.5, 0.6) is 0 Å². The van der Waals surface area contributed by atoms with Gasteiger partial charge in [0.15, 0.2) is 0 Å². The van der Waals surface area contributed by atoms with E-state index < -0.39 is 6.70 Å². The molecule has 6 heteroatoms. The van der Waals surface area contributed by atoms with Gasteiger partial charge in [0.1, 0.15) is 0 Å². The Bertz CT molecular complexity index is 96.9. The van der Waals surface area contributed by atoms with Crippen molar-refractivity contribution in [3.8, 4) is 0 Å². The van der Waals surface area contributed by atoms with Crippen molar-refractivity contribution in [1.29, 1.82) is 0 Å². The normalized spacial score (nSPS) is 9.14. The van der Waals surface area contributed by atoms with E-state index in [1.165, 1.54) is 0 Å². The molecule has 0 heterocycles. The average molecular weight is 272 g/mol. The third kappa shape index (κ3) is 127. The van der Waals surface area contributed by atoms with Crippen LogP contribution in [0.3, 0.4) is 0 Å². The molecule has 0 spiro atoms. The van der Waals surface area contributed by atoms with Gasteiger partial charge in [-0.25, -0.2) is 8.42 Å². The van der Waals surface area contributed by atoms with Crippen LogP contribution >= 0.6 is 42.3 Å². The minimum Gasteiger partial charge on any atom is -0.205 e. The highest BCUT2D eigenvalue weighted by atomic mass is 79.9. The summed E-state index contributed by atoms with van der Waals surface area (Å²) in [6.45, 7) is -3.04. The quantitative estimate of drug-likeness (QED) is 0.536. The number of rotatable bonds is 0. The van der Waals surface area contributed by atoms with Gasteiger partial charge in [0.05, 0.1) is 29.6 Å². The summed E-state index contributed by atoms with van der Waals surface area (Å²) in [6, 6.07) is 0. The molecule has 0 saturated heterocycles. The van der Waals surface area contributed by atoms with Crippen molar-refractivity contribution in [3.63, 3.8) is 0 Å². The van der Waals surface area contributed by atoms with E-state index in [1.807, 2.05) is 0 Å². The molecule has 7 heavy (non-hydrogen) atoms. The maximum Gasteiger partial charge on any atom is 0.268 e. The first-order valence-corrected chi connectivity index (χ1v) is 7.15. The molecule has 0 aliphatic heterocycles. The topological polar surface area (TPSA) is 34.1 Å². The Morgan fingerprint density at radius 1 is 1.29 bits per heavy atom. The van der Waals surface area contributed by atoms with Crippen molar-refractivity contribution in [2.45, 2.75) is 0 Å². The van der Waals surface area contributed by atoms with E-state index in [1.54, 1.807) is 6.26 Å². The molecular weight excluding hydrogens is 268 g/mol. The van der Waals surface area contributed by atoms with Gasteiger partial charge in [-0.05, 0) is 6.26 Å². The van der Waals surface area contributed by atoms with Crippen molar-refractivity contribution < 1.29 is 8.42 Å². The van der Waals surface area contributed by atoms with E-state index in [0.717, 1.165) is 0 Å². The average Bonchev–Trinajstić information content (AvgIpc) is 1.36. The molecule has 0 bridgehead atoms. The van der Waals surface area contributed by atoms with Gasteiger partial charge in [0.2, 0.25) is 0 Å². The second-order valence-corrected chi connectivity index (χ2v) is 8.86. The summed E-state index contributed by atoms with van der Waals surface area (Å²) in [5, 5.41) is 0. The molecule has 0 rings (SSSR count). The molecule has 0 amide bonds. The largest absolute Gasteiger partial charge is 0.268 e. The third-order valence-corrected chi connectivity index (χ3v) is 0. The SMILES string of the molecule is CS.O=S(=O)(Br)Br. The molecule has 0 aromatic carbocycles. The Labute approximate surface area is 63.4 Å². The van der Waals surface area contributed by atoms with Gasteiger partial charge >= 0.3 is 0 Å². The lowest BCUT2D eigenvalue weighted by Gasteiger charge is -1.62. The fourth-order valence-electron chi connectivity index (χ4n) is 0. The van der Waals surface area contributed by atoms with E-state index >= 15 is 0 Å². The standard InChI is InChI=1S/CH4S.Br2O2S/c1-2;1-5(2,3)4/h2H,1H3;. The molecular formula is CH4Br2O2S2. The molecule has 0 aliphatic rings. The summed E-state index contributed by atoms with van der Waals surface area (Å²) < 4.78 is 18.9. The minimum absolute atomic E-state index is 1.69. The maximum absolute atomic E-state index is 9.47. The highest BCUT2D eigenvalue weighted by molar-refractivity contribution is 9.79. The molecule has 0 radical (unpaired) electrons.